The Labute approximate surface area is 93.1 Å². The lowest BCUT2D eigenvalue weighted by atomic mass is 10.2. The van der Waals surface area contributed by atoms with Gasteiger partial charge in [0.05, 0.1) is 12.1 Å². The number of fused-ring (bicyclic) bond motifs is 1. The Morgan fingerprint density at radius 2 is 2.06 bits per heavy atom. The van der Waals surface area contributed by atoms with Gasteiger partial charge >= 0.3 is 0 Å². The van der Waals surface area contributed by atoms with Crippen molar-refractivity contribution in [3.8, 4) is 0 Å². The smallest absolute Gasteiger partial charge is 0.255 e. The number of aliphatic hydroxyl groups is 1. The molecule has 2 aromatic heterocycles. The normalized spacial score (nSPS) is 15.3. The molecule has 86 valence electrons. The number of nitrogens with zero attached hydrogens (tertiary/aromatic N) is 4. The van der Waals surface area contributed by atoms with E-state index < -0.39 is 12.1 Å². The number of rotatable bonds is 2. The SMILES string of the molecule is Cc1cc(C)n2c(C(N)C(C)O)nnc2n1. The van der Waals surface area contributed by atoms with E-state index in [-0.39, 0.29) is 0 Å². The first-order valence-electron chi connectivity index (χ1n) is 5.13. The summed E-state index contributed by atoms with van der Waals surface area (Å²) in [5.74, 6) is 1.05. The summed E-state index contributed by atoms with van der Waals surface area (Å²) in [6.07, 6.45) is -0.673. The molecule has 0 saturated carbocycles. The Morgan fingerprint density at radius 3 is 2.69 bits per heavy atom. The molecule has 2 unspecified atom stereocenters. The predicted molar refractivity (Wildman–Crippen MR) is 58.9 cm³/mol. The van der Waals surface area contributed by atoms with E-state index in [1.165, 1.54) is 0 Å². The van der Waals surface area contributed by atoms with E-state index in [0.29, 0.717) is 11.6 Å². The molecule has 2 heterocycles. The third-order valence-electron chi connectivity index (χ3n) is 2.54. The highest BCUT2D eigenvalue weighted by atomic mass is 16.3. The van der Waals surface area contributed by atoms with Crippen molar-refractivity contribution in [3.05, 3.63) is 23.3 Å². The first kappa shape index (κ1) is 11.0. The van der Waals surface area contributed by atoms with Crippen LogP contribution in [0.3, 0.4) is 0 Å². The van der Waals surface area contributed by atoms with E-state index in [1.54, 1.807) is 11.3 Å². The minimum Gasteiger partial charge on any atom is -0.391 e. The molecule has 2 aromatic rings. The monoisotopic (exact) mass is 221 g/mol. The van der Waals surface area contributed by atoms with E-state index in [4.69, 9.17) is 5.73 Å². The van der Waals surface area contributed by atoms with Gasteiger partial charge < -0.3 is 10.8 Å². The van der Waals surface area contributed by atoms with Gasteiger partial charge in [-0.3, -0.25) is 4.40 Å². The zero-order valence-corrected chi connectivity index (χ0v) is 9.55. The Hall–Kier alpha value is -1.53. The summed E-state index contributed by atoms with van der Waals surface area (Å²) in [5.41, 5.74) is 7.70. The van der Waals surface area contributed by atoms with Crippen LogP contribution in [0.2, 0.25) is 0 Å². The molecule has 0 aliphatic heterocycles. The molecule has 0 fully saturated rings. The fourth-order valence-electron chi connectivity index (χ4n) is 1.69. The second-order valence-corrected chi connectivity index (χ2v) is 4.00. The van der Waals surface area contributed by atoms with Crippen molar-refractivity contribution in [2.24, 2.45) is 5.73 Å². The van der Waals surface area contributed by atoms with Crippen LogP contribution in [-0.4, -0.2) is 30.8 Å². The van der Waals surface area contributed by atoms with Crippen LogP contribution in [0.5, 0.6) is 0 Å². The lowest BCUT2D eigenvalue weighted by Crippen LogP contribution is -2.26. The molecule has 0 radical (unpaired) electrons. The number of aromatic nitrogens is 4. The molecule has 0 aliphatic carbocycles. The van der Waals surface area contributed by atoms with Gasteiger partial charge in [0.25, 0.3) is 5.78 Å². The predicted octanol–water partition coefficient (Wildman–Crippen LogP) is 0.122. The van der Waals surface area contributed by atoms with E-state index >= 15 is 0 Å². The minimum absolute atomic E-state index is 0.517. The van der Waals surface area contributed by atoms with Crippen molar-refractivity contribution < 1.29 is 5.11 Å². The fraction of sp³-hybridized carbons (Fsp3) is 0.500. The summed E-state index contributed by atoms with van der Waals surface area (Å²) in [6.45, 7) is 5.46. The van der Waals surface area contributed by atoms with Gasteiger partial charge in [0.15, 0.2) is 5.82 Å². The van der Waals surface area contributed by atoms with Gasteiger partial charge in [0.1, 0.15) is 0 Å². The van der Waals surface area contributed by atoms with E-state index in [2.05, 4.69) is 15.2 Å². The van der Waals surface area contributed by atoms with Gasteiger partial charge in [-0.25, -0.2) is 4.98 Å². The number of hydrogen-bond acceptors (Lipinski definition) is 5. The molecule has 0 bridgehead atoms. The number of hydrogen-bond donors (Lipinski definition) is 2. The highest BCUT2D eigenvalue weighted by Crippen LogP contribution is 2.15. The summed E-state index contributed by atoms with van der Waals surface area (Å²) in [6, 6.07) is 1.37. The molecule has 0 spiro atoms. The van der Waals surface area contributed by atoms with Gasteiger partial charge in [-0.1, -0.05) is 0 Å². The van der Waals surface area contributed by atoms with E-state index in [9.17, 15) is 5.11 Å². The number of aliphatic hydroxyl groups excluding tert-OH is 1. The molecule has 2 rings (SSSR count). The van der Waals surface area contributed by atoms with E-state index in [1.807, 2.05) is 19.9 Å². The topological polar surface area (TPSA) is 89.3 Å². The van der Waals surface area contributed by atoms with Crippen LogP contribution >= 0.6 is 0 Å². The quantitative estimate of drug-likeness (QED) is 0.752. The van der Waals surface area contributed by atoms with Gasteiger partial charge in [0.2, 0.25) is 0 Å². The zero-order valence-electron chi connectivity index (χ0n) is 9.55. The summed E-state index contributed by atoms with van der Waals surface area (Å²) in [4.78, 5) is 4.25. The van der Waals surface area contributed by atoms with Crippen LogP contribution in [0, 0.1) is 13.8 Å². The van der Waals surface area contributed by atoms with Crippen LogP contribution in [-0.2, 0) is 0 Å². The second kappa shape index (κ2) is 3.80. The van der Waals surface area contributed by atoms with Crippen molar-refractivity contribution in [2.45, 2.75) is 32.9 Å². The summed E-state index contributed by atoms with van der Waals surface area (Å²) in [7, 11) is 0. The Bertz CT molecular complexity index is 519. The van der Waals surface area contributed by atoms with Gasteiger partial charge in [-0.2, -0.15) is 0 Å². The molecule has 6 heteroatoms. The van der Waals surface area contributed by atoms with Crippen molar-refractivity contribution in [1.29, 1.82) is 0 Å². The largest absolute Gasteiger partial charge is 0.391 e. The third-order valence-corrected chi connectivity index (χ3v) is 2.54. The molecular weight excluding hydrogens is 206 g/mol. The fourth-order valence-corrected chi connectivity index (χ4v) is 1.69. The van der Waals surface area contributed by atoms with Gasteiger partial charge in [0, 0.05) is 11.4 Å². The van der Waals surface area contributed by atoms with Crippen molar-refractivity contribution in [2.75, 3.05) is 0 Å². The van der Waals surface area contributed by atoms with Crippen molar-refractivity contribution >= 4 is 5.78 Å². The lowest BCUT2D eigenvalue weighted by Gasteiger charge is -2.13. The maximum absolute atomic E-state index is 9.47. The van der Waals surface area contributed by atoms with E-state index in [0.717, 1.165) is 11.4 Å². The molecule has 2 atom stereocenters. The average molecular weight is 221 g/mol. The maximum atomic E-state index is 9.47. The lowest BCUT2D eigenvalue weighted by molar-refractivity contribution is 0.160. The van der Waals surface area contributed by atoms with Crippen LogP contribution in [0.1, 0.15) is 30.2 Å². The molecule has 3 N–H and O–H groups in total. The molecule has 0 saturated heterocycles. The molecular formula is C10H15N5O. The van der Waals surface area contributed by atoms with Gasteiger partial charge in [-0.15, -0.1) is 10.2 Å². The zero-order chi connectivity index (χ0) is 11.9. The van der Waals surface area contributed by atoms with Crippen molar-refractivity contribution in [1.82, 2.24) is 19.6 Å². The van der Waals surface area contributed by atoms with Crippen LogP contribution in [0.25, 0.3) is 5.78 Å². The average Bonchev–Trinajstić information content (AvgIpc) is 2.59. The highest BCUT2D eigenvalue weighted by Gasteiger charge is 2.20. The molecule has 6 nitrogen and oxygen atoms in total. The maximum Gasteiger partial charge on any atom is 0.255 e. The highest BCUT2D eigenvalue weighted by molar-refractivity contribution is 5.33. The molecule has 16 heavy (non-hydrogen) atoms. The Kier molecular flexibility index (Phi) is 2.61. The first-order valence-corrected chi connectivity index (χ1v) is 5.13. The second-order valence-electron chi connectivity index (χ2n) is 4.00. The standard InChI is InChI=1S/C10H15N5O/c1-5-4-6(2)15-9(8(11)7(3)16)13-14-10(15)12-5/h4,7-8,16H,11H2,1-3H3. The number of nitrogens with two attached hydrogens (primary N) is 1. The molecule has 0 amide bonds. The molecule has 0 aliphatic rings. The molecule has 0 aromatic carbocycles. The Morgan fingerprint density at radius 1 is 1.38 bits per heavy atom. The van der Waals surface area contributed by atoms with Crippen molar-refractivity contribution in [3.63, 3.8) is 0 Å². The van der Waals surface area contributed by atoms with Gasteiger partial charge in [-0.05, 0) is 26.8 Å². The third kappa shape index (κ3) is 1.66. The van der Waals surface area contributed by atoms with Crippen LogP contribution < -0.4 is 5.73 Å². The minimum atomic E-state index is -0.673. The number of aryl methyl sites for hydroxylation is 2. The summed E-state index contributed by atoms with van der Waals surface area (Å²) in [5, 5.41) is 17.4. The summed E-state index contributed by atoms with van der Waals surface area (Å²) >= 11 is 0. The first-order chi connectivity index (χ1) is 7.50. The Balaban J connectivity index is 2.65. The van der Waals surface area contributed by atoms with Crippen LogP contribution in [0.15, 0.2) is 6.07 Å². The summed E-state index contributed by atoms with van der Waals surface area (Å²) < 4.78 is 1.77. The van der Waals surface area contributed by atoms with Crippen LogP contribution in [0.4, 0.5) is 0 Å².